The number of hydrogen-bond donors (Lipinski definition) is 1. The van der Waals surface area contributed by atoms with Crippen molar-refractivity contribution in [3.8, 4) is 11.6 Å². The third-order valence-corrected chi connectivity index (χ3v) is 3.74. The fourth-order valence-electron chi connectivity index (χ4n) is 1.77. The van der Waals surface area contributed by atoms with Crippen molar-refractivity contribution in [3.05, 3.63) is 18.3 Å². The molecule has 1 aliphatic heterocycles. The van der Waals surface area contributed by atoms with E-state index in [9.17, 15) is 0 Å². The van der Waals surface area contributed by atoms with E-state index in [0.717, 1.165) is 23.9 Å². The number of thioether (sulfide) groups is 1. The maximum atomic E-state index is 5.29. The first kappa shape index (κ1) is 10.8. The maximum absolute atomic E-state index is 5.29. The van der Waals surface area contributed by atoms with E-state index in [1.165, 1.54) is 0 Å². The Balaban J connectivity index is 1.85. The molecular formula is C10H13N5OS. The van der Waals surface area contributed by atoms with Gasteiger partial charge in [-0.2, -0.15) is 16.7 Å². The van der Waals surface area contributed by atoms with Crippen LogP contribution in [0.25, 0.3) is 11.6 Å². The van der Waals surface area contributed by atoms with Gasteiger partial charge in [-0.05, 0) is 0 Å². The summed E-state index contributed by atoms with van der Waals surface area (Å²) >= 11 is 1.90. The molecule has 0 aromatic carbocycles. The molecule has 0 amide bonds. The van der Waals surface area contributed by atoms with Crippen molar-refractivity contribution in [2.45, 2.75) is 6.04 Å². The number of nitrogens with one attached hydrogen (secondary N) is 1. The molecule has 1 N–H and O–H groups in total. The van der Waals surface area contributed by atoms with Crippen LogP contribution in [0, 0.1) is 0 Å². The maximum Gasteiger partial charge on any atom is 0.245 e. The van der Waals surface area contributed by atoms with Crippen molar-refractivity contribution < 1.29 is 4.52 Å². The van der Waals surface area contributed by atoms with Crippen LogP contribution in [0.5, 0.6) is 0 Å². The van der Waals surface area contributed by atoms with Gasteiger partial charge in [0.25, 0.3) is 0 Å². The van der Waals surface area contributed by atoms with E-state index >= 15 is 0 Å². The van der Waals surface area contributed by atoms with Crippen LogP contribution >= 0.6 is 11.8 Å². The van der Waals surface area contributed by atoms with Crippen LogP contribution in [0.1, 0.15) is 11.9 Å². The summed E-state index contributed by atoms with van der Waals surface area (Å²) in [5, 5.41) is 7.34. The van der Waals surface area contributed by atoms with Crippen LogP contribution < -0.4 is 5.32 Å². The number of rotatable bonds is 2. The normalized spacial score (nSPS) is 20.6. The van der Waals surface area contributed by atoms with Crippen LogP contribution in [0.4, 0.5) is 0 Å². The van der Waals surface area contributed by atoms with Crippen molar-refractivity contribution in [1.82, 2.24) is 25.0 Å². The molecule has 3 heterocycles. The molecule has 0 aliphatic carbocycles. The van der Waals surface area contributed by atoms with Gasteiger partial charge >= 0.3 is 0 Å². The first-order valence-electron chi connectivity index (χ1n) is 5.47. The van der Waals surface area contributed by atoms with Crippen LogP contribution in [0.15, 0.2) is 16.9 Å². The van der Waals surface area contributed by atoms with Crippen LogP contribution in [0.3, 0.4) is 0 Å². The largest absolute Gasteiger partial charge is 0.337 e. The lowest BCUT2D eigenvalue weighted by molar-refractivity contribution is 0.342. The van der Waals surface area contributed by atoms with Crippen LogP contribution in [-0.4, -0.2) is 37.7 Å². The van der Waals surface area contributed by atoms with Gasteiger partial charge in [0, 0.05) is 37.5 Å². The number of aryl methyl sites for hydroxylation is 1. The highest BCUT2D eigenvalue weighted by Gasteiger charge is 2.22. The Labute approximate surface area is 103 Å². The Bertz CT molecular complexity index is 502. The van der Waals surface area contributed by atoms with Crippen molar-refractivity contribution in [1.29, 1.82) is 0 Å². The Kier molecular flexibility index (Phi) is 2.86. The van der Waals surface area contributed by atoms with Gasteiger partial charge < -0.3 is 14.4 Å². The third kappa shape index (κ3) is 2.07. The molecule has 2 aromatic heterocycles. The number of imidazole rings is 1. The highest BCUT2D eigenvalue weighted by atomic mass is 32.2. The lowest BCUT2D eigenvalue weighted by atomic mass is 10.3. The van der Waals surface area contributed by atoms with Crippen molar-refractivity contribution in [3.63, 3.8) is 0 Å². The van der Waals surface area contributed by atoms with E-state index in [4.69, 9.17) is 4.52 Å². The second kappa shape index (κ2) is 4.50. The molecule has 1 atom stereocenters. The van der Waals surface area contributed by atoms with E-state index < -0.39 is 0 Å². The summed E-state index contributed by atoms with van der Waals surface area (Å²) < 4.78 is 7.17. The summed E-state index contributed by atoms with van der Waals surface area (Å²) in [6.45, 7) is 0.982. The Hall–Kier alpha value is -1.34. The van der Waals surface area contributed by atoms with E-state index in [2.05, 4.69) is 20.4 Å². The molecule has 0 saturated carbocycles. The molecule has 1 aliphatic rings. The Morgan fingerprint density at radius 2 is 2.53 bits per heavy atom. The lowest BCUT2D eigenvalue weighted by Gasteiger charge is -2.19. The quantitative estimate of drug-likeness (QED) is 0.853. The predicted octanol–water partition coefficient (Wildman–Crippen LogP) is 0.848. The van der Waals surface area contributed by atoms with Gasteiger partial charge in [0.2, 0.25) is 11.7 Å². The van der Waals surface area contributed by atoms with E-state index in [1.54, 1.807) is 6.20 Å². The molecule has 0 spiro atoms. The number of hydrogen-bond acceptors (Lipinski definition) is 6. The molecule has 3 rings (SSSR count). The molecule has 2 aromatic rings. The minimum atomic E-state index is 0.162. The van der Waals surface area contributed by atoms with Crippen molar-refractivity contribution in [2.75, 3.05) is 18.1 Å². The highest BCUT2D eigenvalue weighted by molar-refractivity contribution is 7.99. The van der Waals surface area contributed by atoms with Gasteiger partial charge in [-0.3, -0.25) is 0 Å². The molecule has 0 radical (unpaired) electrons. The molecular weight excluding hydrogens is 238 g/mol. The van der Waals surface area contributed by atoms with Crippen LogP contribution in [0.2, 0.25) is 0 Å². The molecule has 1 unspecified atom stereocenters. The van der Waals surface area contributed by atoms with Crippen molar-refractivity contribution in [2.24, 2.45) is 7.05 Å². The van der Waals surface area contributed by atoms with Gasteiger partial charge in [-0.1, -0.05) is 5.16 Å². The zero-order valence-corrected chi connectivity index (χ0v) is 10.3. The fourth-order valence-corrected chi connectivity index (χ4v) is 2.70. The fraction of sp³-hybridized carbons (Fsp3) is 0.500. The SMILES string of the molecule is Cn1ccnc1-c1noc(C2CSCCN2)n1. The van der Waals surface area contributed by atoms with Crippen molar-refractivity contribution >= 4 is 11.8 Å². The predicted molar refractivity (Wildman–Crippen MR) is 64.6 cm³/mol. The molecule has 17 heavy (non-hydrogen) atoms. The smallest absolute Gasteiger partial charge is 0.245 e. The molecule has 6 nitrogen and oxygen atoms in total. The van der Waals surface area contributed by atoms with Gasteiger partial charge in [-0.25, -0.2) is 4.98 Å². The summed E-state index contributed by atoms with van der Waals surface area (Å²) in [5.74, 6) is 4.03. The van der Waals surface area contributed by atoms with Gasteiger partial charge in [-0.15, -0.1) is 0 Å². The minimum absolute atomic E-state index is 0.162. The standard InChI is InChI=1S/C10H13N5OS/c1-15-4-2-12-9(15)8-13-10(16-14-8)7-6-17-5-3-11-7/h2,4,7,11H,3,5-6H2,1H3. The van der Waals surface area contributed by atoms with Gasteiger partial charge in [0.15, 0.2) is 5.82 Å². The zero-order valence-electron chi connectivity index (χ0n) is 9.46. The van der Waals surface area contributed by atoms with E-state index in [0.29, 0.717) is 11.7 Å². The first-order valence-corrected chi connectivity index (χ1v) is 6.62. The lowest BCUT2D eigenvalue weighted by Crippen LogP contribution is -2.30. The van der Waals surface area contributed by atoms with E-state index in [-0.39, 0.29) is 6.04 Å². The van der Waals surface area contributed by atoms with Gasteiger partial charge in [0.1, 0.15) is 0 Å². The molecule has 1 fully saturated rings. The monoisotopic (exact) mass is 251 g/mol. The highest BCUT2D eigenvalue weighted by Crippen LogP contribution is 2.22. The molecule has 7 heteroatoms. The summed E-state index contributed by atoms with van der Waals surface area (Å²) in [6, 6.07) is 0.162. The Morgan fingerprint density at radius 1 is 1.59 bits per heavy atom. The second-order valence-corrected chi connectivity index (χ2v) is 5.05. The summed E-state index contributed by atoms with van der Waals surface area (Å²) in [6.07, 6.45) is 3.58. The third-order valence-electron chi connectivity index (χ3n) is 2.68. The van der Waals surface area contributed by atoms with E-state index in [1.807, 2.05) is 29.6 Å². The first-order chi connectivity index (χ1) is 8.34. The summed E-state index contributed by atoms with van der Waals surface area (Å²) in [7, 11) is 1.91. The Morgan fingerprint density at radius 3 is 3.24 bits per heavy atom. The van der Waals surface area contributed by atoms with Crippen LogP contribution in [-0.2, 0) is 7.05 Å². The topological polar surface area (TPSA) is 68.8 Å². The minimum Gasteiger partial charge on any atom is -0.337 e. The summed E-state index contributed by atoms with van der Waals surface area (Å²) in [4.78, 5) is 8.60. The average molecular weight is 251 g/mol. The molecule has 0 bridgehead atoms. The molecule has 1 saturated heterocycles. The summed E-state index contributed by atoms with van der Waals surface area (Å²) in [5.41, 5.74) is 0. The second-order valence-electron chi connectivity index (χ2n) is 3.90. The number of aromatic nitrogens is 4. The number of nitrogens with zero attached hydrogens (tertiary/aromatic N) is 4. The zero-order chi connectivity index (χ0) is 11.7. The van der Waals surface area contributed by atoms with Gasteiger partial charge in [0.05, 0.1) is 6.04 Å². The molecule has 90 valence electrons. The average Bonchev–Trinajstić information content (AvgIpc) is 2.98.